The Morgan fingerprint density at radius 1 is 1.31 bits per heavy atom. The number of nitrogen functional groups attached to an aromatic ring is 1. The van der Waals surface area contributed by atoms with Crippen molar-refractivity contribution in [2.75, 3.05) is 17.7 Å². The predicted molar refractivity (Wildman–Crippen MR) is 65.4 cm³/mol. The summed E-state index contributed by atoms with van der Waals surface area (Å²) in [7, 11) is 2.09. The molecule has 0 amide bonds. The molecular weight excluding hydrogens is 200 g/mol. The fourth-order valence-corrected chi connectivity index (χ4v) is 1.98. The molecule has 2 N–H and O–H groups in total. The van der Waals surface area contributed by atoms with Gasteiger partial charge in [0.05, 0.1) is 5.52 Å². The van der Waals surface area contributed by atoms with Crippen LogP contribution in [0.25, 0.3) is 10.9 Å². The van der Waals surface area contributed by atoms with Crippen LogP contribution in [0, 0.1) is 0 Å². The SMILES string of the molecule is CN(c1ncnc2cc(N)ccc12)C1CC1. The number of hydrogen-bond donors (Lipinski definition) is 1. The van der Waals surface area contributed by atoms with Gasteiger partial charge < -0.3 is 10.6 Å². The molecule has 16 heavy (non-hydrogen) atoms. The summed E-state index contributed by atoms with van der Waals surface area (Å²) in [6.07, 6.45) is 4.13. The second kappa shape index (κ2) is 3.33. The molecule has 4 nitrogen and oxygen atoms in total. The first kappa shape index (κ1) is 9.39. The number of nitrogens with two attached hydrogens (primary N) is 1. The highest BCUT2D eigenvalue weighted by Gasteiger charge is 2.28. The molecule has 1 saturated carbocycles. The third-order valence-corrected chi connectivity index (χ3v) is 3.07. The largest absolute Gasteiger partial charge is 0.399 e. The quantitative estimate of drug-likeness (QED) is 0.775. The van der Waals surface area contributed by atoms with Crippen molar-refractivity contribution in [1.29, 1.82) is 0 Å². The van der Waals surface area contributed by atoms with Crippen LogP contribution in [0.15, 0.2) is 24.5 Å². The highest BCUT2D eigenvalue weighted by molar-refractivity contribution is 5.91. The van der Waals surface area contributed by atoms with E-state index >= 15 is 0 Å². The first-order chi connectivity index (χ1) is 7.75. The van der Waals surface area contributed by atoms with Crippen LogP contribution in [0.5, 0.6) is 0 Å². The smallest absolute Gasteiger partial charge is 0.139 e. The van der Waals surface area contributed by atoms with E-state index in [9.17, 15) is 0 Å². The topological polar surface area (TPSA) is 55.0 Å². The maximum atomic E-state index is 5.75. The molecule has 0 atom stereocenters. The molecule has 2 aromatic rings. The Balaban J connectivity index is 2.16. The van der Waals surface area contributed by atoms with Gasteiger partial charge in [-0.1, -0.05) is 0 Å². The minimum Gasteiger partial charge on any atom is -0.399 e. The summed E-state index contributed by atoms with van der Waals surface area (Å²) in [6.45, 7) is 0. The summed E-state index contributed by atoms with van der Waals surface area (Å²) >= 11 is 0. The first-order valence-electron chi connectivity index (χ1n) is 5.49. The van der Waals surface area contributed by atoms with Crippen LogP contribution in [0.2, 0.25) is 0 Å². The molecule has 1 fully saturated rings. The summed E-state index contributed by atoms with van der Waals surface area (Å²) in [4.78, 5) is 10.9. The Labute approximate surface area is 94.1 Å². The van der Waals surface area contributed by atoms with Gasteiger partial charge in [0.1, 0.15) is 12.1 Å². The molecule has 0 radical (unpaired) electrons. The summed E-state index contributed by atoms with van der Waals surface area (Å²) in [5.41, 5.74) is 7.40. The van der Waals surface area contributed by atoms with Gasteiger partial charge in [0, 0.05) is 24.2 Å². The van der Waals surface area contributed by atoms with E-state index in [-0.39, 0.29) is 0 Å². The first-order valence-corrected chi connectivity index (χ1v) is 5.49. The summed E-state index contributed by atoms with van der Waals surface area (Å²) in [6, 6.07) is 6.44. The van der Waals surface area contributed by atoms with Crippen LogP contribution < -0.4 is 10.6 Å². The molecule has 1 heterocycles. The molecule has 82 valence electrons. The highest BCUT2D eigenvalue weighted by Crippen LogP contribution is 2.32. The second-order valence-electron chi connectivity index (χ2n) is 4.32. The summed E-state index contributed by atoms with van der Waals surface area (Å²) < 4.78 is 0. The van der Waals surface area contributed by atoms with Crippen LogP contribution in [-0.2, 0) is 0 Å². The lowest BCUT2D eigenvalue weighted by Gasteiger charge is -2.18. The van der Waals surface area contributed by atoms with E-state index in [2.05, 4.69) is 21.9 Å². The van der Waals surface area contributed by atoms with E-state index in [0.717, 1.165) is 22.4 Å². The number of rotatable bonds is 2. The molecule has 0 spiro atoms. The van der Waals surface area contributed by atoms with Gasteiger partial charge in [0.25, 0.3) is 0 Å². The molecular formula is C12H14N4. The molecule has 4 heteroatoms. The molecule has 0 aliphatic heterocycles. The van der Waals surface area contributed by atoms with Crippen molar-refractivity contribution in [3.05, 3.63) is 24.5 Å². The molecule has 1 aliphatic carbocycles. The van der Waals surface area contributed by atoms with Crippen molar-refractivity contribution in [3.8, 4) is 0 Å². The molecule has 0 unspecified atom stereocenters. The van der Waals surface area contributed by atoms with Gasteiger partial charge in [-0.3, -0.25) is 0 Å². The fraction of sp³-hybridized carbons (Fsp3) is 0.333. The molecule has 1 aliphatic rings. The maximum Gasteiger partial charge on any atom is 0.139 e. The van der Waals surface area contributed by atoms with Crippen molar-refractivity contribution in [2.24, 2.45) is 0 Å². The number of anilines is 2. The van der Waals surface area contributed by atoms with E-state index in [4.69, 9.17) is 5.73 Å². The lowest BCUT2D eigenvalue weighted by Crippen LogP contribution is -2.21. The zero-order valence-electron chi connectivity index (χ0n) is 9.22. The van der Waals surface area contributed by atoms with E-state index in [1.54, 1.807) is 6.33 Å². The van der Waals surface area contributed by atoms with E-state index < -0.39 is 0 Å². The van der Waals surface area contributed by atoms with Crippen molar-refractivity contribution in [1.82, 2.24) is 9.97 Å². The third-order valence-electron chi connectivity index (χ3n) is 3.07. The zero-order chi connectivity index (χ0) is 11.1. The monoisotopic (exact) mass is 214 g/mol. The van der Waals surface area contributed by atoms with E-state index in [1.165, 1.54) is 12.8 Å². The standard InChI is InChI=1S/C12H14N4/c1-16(9-3-4-9)12-10-5-2-8(13)6-11(10)14-7-15-12/h2,5-7,9H,3-4,13H2,1H3. The maximum absolute atomic E-state index is 5.75. The Hall–Kier alpha value is -1.84. The lowest BCUT2D eigenvalue weighted by atomic mass is 10.2. The van der Waals surface area contributed by atoms with Crippen LogP contribution in [0.1, 0.15) is 12.8 Å². The van der Waals surface area contributed by atoms with Crippen LogP contribution >= 0.6 is 0 Å². The Morgan fingerprint density at radius 2 is 2.12 bits per heavy atom. The minimum atomic E-state index is 0.649. The number of hydrogen-bond acceptors (Lipinski definition) is 4. The van der Waals surface area contributed by atoms with Crippen LogP contribution in [-0.4, -0.2) is 23.1 Å². The van der Waals surface area contributed by atoms with Crippen molar-refractivity contribution < 1.29 is 0 Å². The van der Waals surface area contributed by atoms with Gasteiger partial charge >= 0.3 is 0 Å². The second-order valence-corrected chi connectivity index (χ2v) is 4.32. The molecule has 0 bridgehead atoms. The Kier molecular flexibility index (Phi) is 1.96. The number of benzene rings is 1. The average molecular weight is 214 g/mol. The van der Waals surface area contributed by atoms with E-state index in [1.807, 2.05) is 18.2 Å². The minimum absolute atomic E-state index is 0.649. The Morgan fingerprint density at radius 3 is 2.88 bits per heavy atom. The molecule has 1 aromatic heterocycles. The van der Waals surface area contributed by atoms with Gasteiger partial charge in [-0.2, -0.15) is 0 Å². The number of aromatic nitrogens is 2. The number of nitrogens with zero attached hydrogens (tertiary/aromatic N) is 3. The van der Waals surface area contributed by atoms with Crippen LogP contribution in [0.4, 0.5) is 11.5 Å². The van der Waals surface area contributed by atoms with Gasteiger partial charge in [0.15, 0.2) is 0 Å². The lowest BCUT2D eigenvalue weighted by molar-refractivity contribution is 0.894. The van der Waals surface area contributed by atoms with Gasteiger partial charge in [-0.25, -0.2) is 9.97 Å². The zero-order valence-corrected chi connectivity index (χ0v) is 9.22. The number of fused-ring (bicyclic) bond motifs is 1. The fourth-order valence-electron chi connectivity index (χ4n) is 1.98. The van der Waals surface area contributed by atoms with Crippen molar-refractivity contribution >= 4 is 22.4 Å². The van der Waals surface area contributed by atoms with Crippen molar-refractivity contribution in [3.63, 3.8) is 0 Å². The van der Waals surface area contributed by atoms with Gasteiger partial charge in [-0.15, -0.1) is 0 Å². The highest BCUT2D eigenvalue weighted by atomic mass is 15.2. The summed E-state index contributed by atoms with van der Waals surface area (Å²) in [5, 5.41) is 1.08. The summed E-state index contributed by atoms with van der Waals surface area (Å²) in [5.74, 6) is 1.01. The molecule has 0 saturated heterocycles. The third kappa shape index (κ3) is 1.46. The normalized spacial score (nSPS) is 15.3. The average Bonchev–Trinajstić information content (AvgIpc) is 3.10. The van der Waals surface area contributed by atoms with Crippen LogP contribution in [0.3, 0.4) is 0 Å². The molecule has 3 rings (SSSR count). The predicted octanol–water partition coefficient (Wildman–Crippen LogP) is 1.81. The van der Waals surface area contributed by atoms with Gasteiger partial charge in [0.2, 0.25) is 0 Å². The van der Waals surface area contributed by atoms with Crippen molar-refractivity contribution in [2.45, 2.75) is 18.9 Å². The Bertz CT molecular complexity index is 534. The van der Waals surface area contributed by atoms with E-state index in [0.29, 0.717) is 6.04 Å². The molecule has 1 aromatic carbocycles. The van der Waals surface area contributed by atoms with Gasteiger partial charge in [-0.05, 0) is 31.0 Å².